The maximum atomic E-state index is 12.3. The number of aromatic nitrogens is 2. The smallest absolute Gasteiger partial charge is 0.244 e. The van der Waals surface area contributed by atoms with Crippen LogP contribution in [0.25, 0.3) is 0 Å². The van der Waals surface area contributed by atoms with Gasteiger partial charge in [-0.05, 0) is 6.07 Å². The molecule has 1 atom stereocenters. The number of carbonyl (C=O) groups is 2. The van der Waals surface area contributed by atoms with Crippen molar-refractivity contribution in [3.63, 3.8) is 0 Å². The quantitative estimate of drug-likeness (QED) is 0.691. The maximum absolute atomic E-state index is 12.3. The van der Waals surface area contributed by atoms with E-state index in [1.165, 1.54) is 13.9 Å². The SMILES string of the molecule is CS(=O)(=O)N1CCN(C(=O)Cn2cccn2)C[C@@H](C(N)=O)C1. The zero-order chi connectivity index (χ0) is 16.3. The second kappa shape index (κ2) is 6.44. The molecule has 0 aliphatic carbocycles. The summed E-state index contributed by atoms with van der Waals surface area (Å²) >= 11 is 0. The van der Waals surface area contributed by atoms with Crippen LogP contribution in [0.15, 0.2) is 18.5 Å². The van der Waals surface area contributed by atoms with Crippen molar-refractivity contribution < 1.29 is 18.0 Å². The molecular formula is C12H19N5O4S. The third kappa shape index (κ3) is 4.04. The molecule has 0 unspecified atom stereocenters. The number of sulfonamides is 1. The third-order valence-corrected chi connectivity index (χ3v) is 4.83. The number of nitrogens with zero attached hydrogens (tertiary/aromatic N) is 4. The molecule has 22 heavy (non-hydrogen) atoms. The Morgan fingerprint density at radius 2 is 2.05 bits per heavy atom. The summed E-state index contributed by atoms with van der Waals surface area (Å²) in [5.74, 6) is -1.57. The van der Waals surface area contributed by atoms with Crippen molar-refractivity contribution in [2.75, 3.05) is 32.4 Å². The van der Waals surface area contributed by atoms with Crippen molar-refractivity contribution in [3.8, 4) is 0 Å². The van der Waals surface area contributed by atoms with Gasteiger partial charge in [-0.3, -0.25) is 14.3 Å². The number of amides is 2. The molecule has 0 spiro atoms. The lowest BCUT2D eigenvalue weighted by atomic mass is 10.1. The molecule has 1 aromatic rings. The van der Waals surface area contributed by atoms with Crippen LogP contribution in [0.2, 0.25) is 0 Å². The molecule has 122 valence electrons. The van der Waals surface area contributed by atoms with E-state index in [0.29, 0.717) is 0 Å². The molecule has 9 nitrogen and oxygen atoms in total. The Labute approximate surface area is 128 Å². The fourth-order valence-electron chi connectivity index (χ4n) is 2.32. The first kappa shape index (κ1) is 16.4. The summed E-state index contributed by atoms with van der Waals surface area (Å²) in [5.41, 5.74) is 5.32. The minimum Gasteiger partial charge on any atom is -0.369 e. The highest BCUT2D eigenvalue weighted by Crippen LogP contribution is 2.13. The average molecular weight is 329 g/mol. The Kier molecular flexibility index (Phi) is 4.81. The van der Waals surface area contributed by atoms with Gasteiger partial charge < -0.3 is 10.6 Å². The molecule has 10 heteroatoms. The van der Waals surface area contributed by atoms with Gasteiger partial charge in [0.05, 0.1) is 12.2 Å². The lowest BCUT2D eigenvalue weighted by molar-refractivity contribution is -0.133. The van der Waals surface area contributed by atoms with Gasteiger partial charge in [0.2, 0.25) is 21.8 Å². The monoisotopic (exact) mass is 329 g/mol. The number of hydrogen-bond acceptors (Lipinski definition) is 5. The Balaban J connectivity index is 2.12. The molecular weight excluding hydrogens is 310 g/mol. The van der Waals surface area contributed by atoms with Gasteiger partial charge >= 0.3 is 0 Å². The lowest BCUT2D eigenvalue weighted by Crippen LogP contribution is -2.41. The van der Waals surface area contributed by atoms with Gasteiger partial charge in [0.1, 0.15) is 6.54 Å². The van der Waals surface area contributed by atoms with E-state index in [9.17, 15) is 18.0 Å². The Hall–Kier alpha value is -1.94. The predicted molar refractivity (Wildman–Crippen MR) is 77.9 cm³/mol. The molecule has 1 saturated heterocycles. The first-order chi connectivity index (χ1) is 10.3. The van der Waals surface area contributed by atoms with Gasteiger partial charge in [0, 0.05) is 38.6 Å². The minimum absolute atomic E-state index is 0.000281. The number of primary amides is 1. The molecule has 2 heterocycles. The van der Waals surface area contributed by atoms with Crippen LogP contribution in [0.4, 0.5) is 0 Å². The summed E-state index contributed by atoms with van der Waals surface area (Å²) in [6.45, 7) is 0.517. The summed E-state index contributed by atoms with van der Waals surface area (Å²) in [6, 6.07) is 1.70. The van der Waals surface area contributed by atoms with Crippen molar-refractivity contribution in [1.82, 2.24) is 19.0 Å². The minimum atomic E-state index is -3.44. The normalized spacial score (nSPS) is 20.6. The van der Waals surface area contributed by atoms with Crippen molar-refractivity contribution >= 4 is 21.8 Å². The van der Waals surface area contributed by atoms with Gasteiger partial charge in [0.15, 0.2) is 0 Å². The van der Waals surface area contributed by atoms with Crippen LogP contribution in [-0.4, -0.2) is 71.7 Å². The average Bonchev–Trinajstić information content (AvgIpc) is 2.79. The highest BCUT2D eigenvalue weighted by atomic mass is 32.2. The van der Waals surface area contributed by atoms with E-state index in [1.54, 1.807) is 18.5 Å². The topological polar surface area (TPSA) is 119 Å². The van der Waals surface area contributed by atoms with Crippen LogP contribution in [0, 0.1) is 5.92 Å². The first-order valence-corrected chi connectivity index (χ1v) is 8.62. The third-order valence-electron chi connectivity index (χ3n) is 3.56. The van der Waals surface area contributed by atoms with Gasteiger partial charge in [-0.15, -0.1) is 0 Å². The summed E-state index contributed by atoms with van der Waals surface area (Å²) in [6.07, 6.45) is 4.30. The standard InChI is InChI=1S/C12H19N5O4S/c1-22(20,21)17-6-5-15(7-10(8-17)12(13)19)11(18)9-16-4-2-3-14-16/h2-4,10H,5-9H2,1H3,(H2,13,19)/t10-/m1/s1. The molecule has 2 rings (SSSR count). The largest absolute Gasteiger partial charge is 0.369 e. The Morgan fingerprint density at radius 3 is 2.59 bits per heavy atom. The fraction of sp³-hybridized carbons (Fsp3) is 0.583. The summed E-state index contributed by atoms with van der Waals surface area (Å²) < 4.78 is 26.0. The number of hydrogen-bond donors (Lipinski definition) is 1. The van der Waals surface area contributed by atoms with E-state index < -0.39 is 21.8 Å². The van der Waals surface area contributed by atoms with Crippen LogP contribution in [0.5, 0.6) is 0 Å². The molecule has 1 aliphatic rings. The number of nitrogens with two attached hydrogens (primary N) is 1. The predicted octanol–water partition coefficient (Wildman–Crippen LogP) is -1.91. The van der Waals surface area contributed by atoms with Gasteiger partial charge in [-0.2, -0.15) is 9.40 Å². The van der Waals surface area contributed by atoms with Crippen LogP contribution < -0.4 is 5.73 Å². The molecule has 0 bridgehead atoms. The molecule has 2 N–H and O–H groups in total. The van der Waals surface area contributed by atoms with E-state index in [2.05, 4.69) is 5.10 Å². The molecule has 0 aromatic carbocycles. The van der Waals surface area contributed by atoms with Gasteiger partial charge in [-0.1, -0.05) is 0 Å². The summed E-state index contributed by atoms with van der Waals surface area (Å²) in [5, 5.41) is 3.95. The Morgan fingerprint density at radius 1 is 1.32 bits per heavy atom. The second-order valence-corrected chi connectivity index (χ2v) is 7.25. The van der Waals surface area contributed by atoms with Crippen LogP contribution in [0.3, 0.4) is 0 Å². The van der Waals surface area contributed by atoms with Crippen LogP contribution in [0.1, 0.15) is 0 Å². The van der Waals surface area contributed by atoms with Gasteiger partial charge in [-0.25, -0.2) is 8.42 Å². The van der Waals surface area contributed by atoms with E-state index in [0.717, 1.165) is 6.26 Å². The zero-order valence-electron chi connectivity index (χ0n) is 12.3. The van der Waals surface area contributed by atoms with E-state index in [-0.39, 0.29) is 38.6 Å². The summed E-state index contributed by atoms with van der Waals surface area (Å²) in [4.78, 5) is 25.3. The zero-order valence-corrected chi connectivity index (χ0v) is 13.1. The number of carbonyl (C=O) groups excluding carboxylic acids is 2. The highest BCUT2D eigenvalue weighted by Gasteiger charge is 2.32. The van der Waals surface area contributed by atoms with Crippen LogP contribution in [-0.2, 0) is 26.2 Å². The Bertz CT molecular complexity index is 642. The van der Waals surface area contributed by atoms with E-state index in [4.69, 9.17) is 5.73 Å². The first-order valence-electron chi connectivity index (χ1n) is 6.77. The van der Waals surface area contributed by atoms with Gasteiger partial charge in [0.25, 0.3) is 0 Å². The fourth-order valence-corrected chi connectivity index (χ4v) is 3.19. The number of rotatable bonds is 4. The maximum Gasteiger partial charge on any atom is 0.244 e. The molecule has 2 amide bonds. The second-order valence-electron chi connectivity index (χ2n) is 5.26. The highest BCUT2D eigenvalue weighted by molar-refractivity contribution is 7.88. The van der Waals surface area contributed by atoms with Crippen molar-refractivity contribution in [1.29, 1.82) is 0 Å². The van der Waals surface area contributed by atoms with Crippen molar-refractivity contribution in [3.05, 3.63) is 18.5 Å². The molecule has 0 saturated carbocycles. The molecule has 1 aromatic heterocycles. The van der Waals surface area contributed by atoms with Crippen molar-refractivity contribution in [2.24, 2.45) is 11.7 Å². The summed E-state index contributed by atoms with van der Waals surface area (Å²) in [7, 11) is -3.44. The molecule has 1 fully saturated rings. The van der Waals surface area contributed by atoms with Crippen molar-refractivity contribution in [2.45, 2.75) is 6.54 Å². The molecule has 0 radical (unpaired) electrons. The van der Waals surface area contributed by atoms with E-state index >= 15 is 0 Å². The lowest BCUT2D eigenvalue weighted by Gasteiger charge is -2.22. The van der Waals surface area contributed by atoms with Crippen LogP contribution >= 0.6 is 0 Å². The van der Waals surface area contributed by atoms with E-state index in [1.807, 2.05) is 0 Å². The molecule has 1 aliphatic heterocycles.